The van der Waals surface area contributed by atoms with E-state index in [4.69, 9.17) is 4.42 Å². The number of halogens is 3. The zero-order valence-corrected chi connectivity index (χ0v) is 16.6. The molecule has 162 valence electrons. The van der Waals surface area contributed by atoms with Crippen LogP contribution in [0.5, 0.6) is 0 Å². The molecule has 4 rings (SSSR count). The van der Waals surface area contributed by atoms with Crippen molar-refractivity contribution in [1.82, 2.24) is 10.2 Å². The number of benzene rings is 2. The minimum absolute atomic E-state index is 0.0185. The predicted molar refractivity (Wildman–Crippen MR) is 110 cm³/mol. The maximum absolute atomic E-state index is 13.7. The Morgan fingerprint density at radius 2 is 1.74 bits per heavy atom. The summed E-state index contributed by atoms with van der Waals surface area (Å²) >= 11 is 0. The number of amides is 1. The van der Waals surface area contributed by atoms with Gasteiger partial charge in [0.25, 0.3) is 5.91 Å². The molecule has 2 aromatic carbocycles. The zero-order valence-electron chi connectivity index (χ0n) is 16.6. The first-order valence-corrected chi connectivity index (χ1v) is 10.1. The molecule has 1 fully saturated rings. The van der Waals surface area contributed by atoms with Crippen LogP contribution in [-0.4, -0.2) is 22.1 Å². The third kappa shape index (κ3) is 5.04. The second-order valence-electron chi connectivity index (χ2n) is 7.47. The highest BCUT2D eigenvalue weighted by atomic mass is 19.4. The molecule has 0 bridgehead atoms. The van der Waals surface area contributed by atoms with Gasteiger partial charge in [-0.15, -0.1) is 5.10 Å². The van der Waals surface area contributed by atoms with Gasteiger partial charge in [0.05, 0.1) is 11.1 Å². The van der Waals surface area contributed by atoms with Crippen LogP contribution in [0.1, 0.15) is 48.0 Å². The molecule has 0 atom stereocenters. The van der Waals surface area contributed by atoms with E-state index in [0.29, 0.717) is 5.56 Å². The Balaban J connectivity index is 1.57. The quantitative estimate of drug-likeness (QED) is 0.539. The Kier molecular flexibility index (Phi) is 5.92. The van der Waals surface area contributed by atoms with E-state index >= 15 is 0 Å². The highest BCUT2D eigenvalue weighted by Crippen LogP contribution is 2.38. The average Bonchev–Trinajstić information content (AvgIpc) is 3.22. The lowest BCUT2D eigenvalue weighted by atomic mass is 9.96. The van der Waals surface area contributed by atoms with Gasteiger partial charge in [-0.1, -0.05) is 42.6 Å². The summed E-state index contributed by atoms with van der Waals surface area (Å²) in [6, 6.07) is 12.0. The SMILES string of the molecule is O=C(Nc1ccc(-c2nnc(NC3CCCCC3)o2)c(C(F)(F)F)c1)c1ccccc1. The molecule has 1 aliphatic carbocycles. The van der Waals surface area contributed by atoms with Crippen molar-refractivity contribution in [3.05, 3.63) is 59.7 Å². The highest BCUT2D eigenvalue weighted by molar-refractivity contribution is 6.04. The van der Waals surface area contributed by atoms with Gasteiger partial charge < -0.3 is 15.1 Å². The summed E-state index contributed by atoms with van der Waals surface area (Å²) in [6.45, 7) is 0. The Morgan fingerprint density at radius 1 is 1.00 bits per heavy atom. The van der Waals surface area contributed by atoms with Crippen LogP contribution >= 0.6 is 0 Å². The van der Waals surface area contributed by atoms with E-state index in [1.807, 2.05) is 0 Å². The number of aromatic nitrogens is 2. The van der Waals surface area contributed by atoms with Crippen molar-refractivity contribution in [3.8, 4) is 11.5 Å². The molecule has 9 heteroatoms. The van der Waals surface area contributed by atoms with Crippen LogP contribution in [0.4, 0.5) is 24.9 Å². The number of rotatable bonds is 5. The van der Waals surface area contributed by atoms with E-state index in [1.54, 1.807) is 30.3 Å². The molecule has 1 saturated carbocycles. The fraction of sp³-hybridized carbons (Fsp3) is 0.318. The Bertz CT molecular complexity index is 1040. The number of alkyl halides is 3. The third-order valence-corrected chi connectivity index (χ3v) is 5.21. The van der Waals surface area contributed by atoms with Crippen LogP contribution < -0.4 is 10.6 Å². The summed E-state index contributed by atoms with van der Waals surface area (Å²) in [6.07, 6.45) is 0.604. The molecule has 2 N–H and O–H groups in total. The monoisotopic (exact) mass is 430 g/mol. The van der Waals surface area contributed by atoms with Crippen molar-refractivity contribution >= 4 is 17.6 Å². The lowest BCUT2D eigenvalue weighted by Crippen LogP contribution is -2.22. The molecule has 0 saturated heterocycles. The Morgan fingerprint density at radius 3 is 2.45 bits per heavy atom. The molecule has 1 amide bonds. The summed E-state index contributed by atoms with van der Waals surface area (Å²) in [5, 5.41) is 13.3. The van der Waals surface area contributed by atoms with Crippen LogP contribution in [0.3, 0.4) is 0 Å². The first-order chi connectivity index (χ1) is 14.9. The minimum atomic E-state index is -4.67. The number of carbonyl (C=O) groups excluding carboxylic acids is 1. The second-order valence-corrected chi connectivity index (χ2v) is 7.47. The van der Waals surface area contributed by atoms with Gasteiger partial charge in [0.15, 0.2) is 0 Å². The van der Waals surface area contributed by atoms with Crippen LogP contribution in [0.25, 0.3) is 11.5 Å². The van der Waals surface area contributed by atoms with Crippen molar-refractivity contribution in [2.75, 3.05) is 10.6 Å². The lowest BCUT2D eigenvalue weighted by molar-refractivity contribution is -0.137. The van der Waals surface area contributed by atoms with Gasteiger partial charge in [0.1, 0.15) is 0 Å². The third-order valence-electron chi connectivity index (χ3n) is 5.21. The van der Waals surface area contributed by atoms with Crippen molar-refractivity contribution in [2.45, 2.75) is 44.3 Å². The molecule has 6 nitrogen and oxygen atoms in total. The van der Waals surface area contributed by atoms with Gasteiger partial charge in [-0.05, 0) is 43.2 Å². The van der Waals surface area contributed by atoms with Crippen molar-refractivity contribution < 1.29 is 22.4 Å². The molecule has 3 aromatic rings. The fourth-order valence-corrected chi connectivity index (χ4v) is 3.65. The van der Waals surface area contributed by atoms with E-state index in [0.717, 1.165) is 31.7 Å². The molecule has 0 spiro atoms. The normalized spacial score (nSPS) is 14.9. The van der Waals surface area contributed by atoms with Gasteiger partial charge in [-0.2, -0.15) is 13.2 Å². The first kappa shape index (κ1) is 20.9. The summed E-state index contributed by atoms with van der Waals surface area (Å²) in [4.78, 5) is 12.3. The summed E-state index contributed by atoms with van der Waals surface area (Å²) < 4.78 is 46.7. The summed E-state index contributed by atoms with van der Waals surface area (Å²) in [5.74, 6) is -0.732. The van der Waals surface area contributed by atoms with Crippen LogP contribution in [0, 0.1) is 0 Å². The molecule has 1 heterocycles. The van der Waals surface area contributed by atoms with E-state index in [1.165, 1.54) is 18.6 Å². The van der Waals surface area contributed by atoms with Crippen molar-refractivity contribution in [3.63, 3.8) is 0 Å². The highest BCUT2D eigenvalue weighted by Gasteiger charge is 2.35. The molecule has 1 aliphatic rings. The van der Waals surface area contributed by atoms with E-state index in [-0.39, 0.29) is 29.2 Å². The Labute approximate surface area is 176 Å². The molecule has 0 unspecified atom stereocenters. The molecule has 1 aromatic heterocycles. The number of anilines is 2. The number of nitrogens with zero attached hydrogens (tertiary/aromatic N) is 2. The van der Waals surface area contributed by atoms with Gasteiger partial charge >= 0.3 is 12.2 Å². The topological polar surface area (TPSA) is 80.0 Å². The van der Waals surface area contributed by atoms with E-state index in [9.17, 15) is 18.0 Å². The number of hydrogen-bond acceptors (Lipinski definition) is 5. The largest absolute Gasteiger partial charge is 0.417 e. The van der Waals surface area contributed by atoms with Crippen LogP contribution in [0.15, 0.2) is 52.9 Å². The molecule has 0 radical (unpaired) electrons. The molecular formula is C22H21F3N4O2. The predicted octanol–water partition coefficient (Wildman–Crippen LogP) is 5.75. The summed E-state index contributed by atoms with van der Waals surface area (Å²) in [5.41, 5.74) is -0.846. The van der Waals surface area contributed by atoms with Crippen molar-refractivity contribution in [2.24, 2.45) is 0 Å². The fourth-order valence-electron chi connectivity index (χ4n) is 3.65. The number of nitrogens with one attached hydrogen (secondary N) is 2. The maximum atomic E-state index is 13.7. The average molecular weight is 430 g/mol. The smallest absolute Gasteiger partial charge is 0.403 e. The van der Waals surface area contributed by atoms with Gasteiger partial charge in [-0.3, -0.25) is 4.79 Å². The Hall–Kier alpha value is -3.36. The van der Waals surface area contributed by atoms with Crippen LogP contribution in [-0.2, 0) is 6.18 Å². The first-order valence-electron chi connectivity index (χ1n) is 10.1. The van der Waals surface area contributed by atoms with Gasteiger partial charge in [-0.25, -0.2) is 0 Å². The van der Waals surface area contributed by atoms with Gasteiger partial charge in [0, 0.05) is 17.3 Å². The summed E-state index contributed by atoms with van der Waals surface area (Å²) in [7, 11) is 0. The second kappa shape index (κ2) is 8.79. The minimum Gasteiger partial charge on any atom is -0.403 e. The maximum Gasteiger partial charge on any atom is 0.417 e. The number of carbonyl (C=O) groups is 1. The molecular weight excluding hydrogens is 409 g/mol. The van der Waals surface area contributed by atoms with Crippen LogP contribution in [0.2, 0.25) is 0 Å². The molecule has 31 heavy (non-hydrogen) atoms. The van der Waals surface area contributed by atoms with E-state index in [2.05, 4.69) is 20.8 Å². The lowest BCUT2D eigenvalue weighted by Gasteiger charge is -2.21. The van der Waals surface area contributed by atoms with Gasteiger partial charge in [0.2, 0.25) is 5.89 Å². The zero-order chi connectivity index (χ0) is 21.8. The standard InChI is InChI=1S/C22H21F3N4O2/c23-22(24,25)18-13-16(26-19(30)14-7-3-1-4-8-14)11-12-17(18)20-28-29-21(31-20)27-15-9-5-2-6-10-15/h1,3-4,7-8,11-13,15H,2,5-6,9-10H2,(H,26,30)(H,27,29). The molecule has 0 aliphatic heterocycles. The van der Waals surface area contributed by atoms with E-state index < -0.39 is 17.6 Å². The number of hydrogen-bond donors (Lipinski definition) is 2. The van der Waals surface area contributed by atoms with Crippen molar-refractivity contribution in [1.29, 1.82) is 0 Å².